The SMILES string of the molecule is CC1CC2CCCCC2N1S(=O)(=O)C1CCCC(C(=O)NC2CCCNC2)C1. The summed E-state index contributed by atoms with van der Waals surface area (Å²) in [6.07, 6.45) is 10.5. The Kier molecular flexibility index (Phi) is 6.33. The molecular formula is C21H37N3O3S. The number of sulfonamides is 1. The molecule has 4 aliphatic rings. The normalized spacial score (nSPS) is 40.0. The summed E-state index contributed by atoms with van der Waals surface area (Å²) < 4.78 is 29.1. The molecule has 4 fully saturated rings. The molecule has 160 valence electrons. The molecule has 2 saturated carbocycles. The molecule has 6 nitrogen and oxygen atoms in total. The Bertz CT molecular complexity index is 662. The van der Waals surface area contributed by atoms with Gasteiger partial charge in [-0.1, -0.05) is 19.3 Å². The van der Waals surface area contributed by atoms with E-state index in [1.54, 1.807) is 0 Å². The summed E-state index contributed by atoms with van der Waals surface area (Å²) in [5, 5.41) is 6.12. The first-order valence-corrected chi connectivity index (χ1v) is 13.0. The van der Waals surface area contributed by atoms with Gasteiger partial charge in [-0.2, -0.15) is 4.31 Å². The van der Waals surface area contributed by atoms with Crippen molar-refractivity contribution in [2.45, 2.75) is 101 Å². The maximum Gasteiger partial charge on any atom is 0.223 e. The van der Waals surface area contributed by atoms with Crippen LogP contribution in [-0.4, -0.2) is 55.1 Å². The first-order chi connectivity index (χ1) is 13.5. The van der Waals surface area contributed by atoms with Crippen LogP contribution in [0.5, 0.6) is 0 Å². The van der Waals surface area contributed by atoms with Crippen LogP contribution in [0.15, 0.2) is 0 Å². The minimum absolute atomic E-state index is 0.0682. The number of nitrogens with one attached hydrogen (secondary N) is 2. The summed E-state index contributed by atoms with van der Waals surface area (Å²) >= 11 is 0. The Morgan fingerprint density at radius 1 is 1.00 bits per heavy atom. The van der Waals surface area contributed by atoms with E-state index in [9.17, 15) is 13.2 Å². The van der Waals surface area contributed by atoms with Crippen LogP contribution >= 0.6 is 0 Å². The highest BCUT2D eigenvalue weighted by atomic mass is 32.2. The summed E-state index contributed by atoms with van der Waals surface area (Å²) in [6, 6.07) is 0.511. The highest BCUT2D eigenvalue weighted by Crippen LogP contribution is 2.43. The number of amides is 1. The third-order valence-electron chi connectivity index (χ3n) is 7.63. The summed E-state index contributed by atoms with van der Waals surface area (Å²) in [5.74, 6) is 0.453. The van der Waals surface area contributed by atoms with Crippen molar-refractivity contribution in [1.82, 2.24) is 14.9 Å². The predicted molar refractivity (Wildman–Crippen MR) is 110 cm³/mol. The lowest BCUT2D eigenvalue weighted by atomic mass is 9.85. The molecule has 2 aliphatic carbocycles. The molecule has 0 aromatic rings. The zero-order valence-corrected chi connectivity index (χ0v) is 18.1. The van der Waals surface area contributed by atoms with Gasteiger partial charge in [-0.05, 0) is 70.8 Å². The fourth-order valence-electron chi connectivity index (χ4n) is 6.23. The molecule has 0 spiro atoms. The maximum absolute atomic E-state index is 13.6. The van der Waals surface area contributed by atoms with E-state index >= 15 is 0 Å². The highest BCUT2D eigenvalue weighted by molar-refractivity contribution is 7.89. The molecule has 28 heavy (non-hydrogen) atoms. The molecule has 0 radical (unpaired) electrons. The molecule has 7 heteroatoms. The first-order valence-electron chi connectivity index (χ1n) is 11.5. The first kappa shape index (κ1) is 20.6. The van der Waals surface area contributed by atoms with Crippen molar-refractivity contribution in [2.75, 3.05) is 13.1 Å². The molecule has 1 amide bonds. The van der Waals surface area contributed by atoms with Crippen LogP contribution in [0.2, 0.25) is 0 Å². The highest BCUT2D eigenvalue weighted by Gasteiger charge is 2.49. The van der Waals surface area contributed by atoms with Crippen molar-refractivity contribution in [3.05, 3.63) is 0 Å². The van der Waals surface area contributed by atoms with E-state index in [4.69, 9.17) is 0 Å². The Morgan fingerprint density at radius 3 is 2.61 bits per heavy atom. The van der Waals surface area contributed by atoms with E-state index in [1.807, 2.05) is 4.31 Å². The number of nitrogens with zero attached hydrogens (tertiary/aromatic N) is 1. The molecule has 2 aliphatic heterocycles. The number of hydrogen-bond donors (Lipinski definition) is 2. The molecule has 4 rings (SSSR count). The summed E-state index contributed by atoms with van der Waals surface area (Å²) in [5.41, 5.74) is 0. The van der Waals surface area contributed by atoms with Gasteiger partial charge in [0.05, 0.1) is 5.25 Å². The van der Waals surface area contributed by atoms with E-state index in [0.717, 1.165) is 58.0 Å². The average molecular weight is 412 g/mol. The maximum atomic E-state index is 13.6. The van der Waals surface area contributed by atoms with Crippen LogP contribution in [0.3, 0.4) is 0 Å². The average Bonchev–Trinajstić information content (AvgIpc) is 3.05. The van der Waals surface area contributed by atoms with E-state index < -0.39 is 10.0 Å². The van der Waals surface area contributed by atoms with Crippen molar-refractivity contribution in [1.29, 1.82) is 0 Å². The van der Waals surface area contributed by atoms with E-state index in [-0.39, 0.29) is 35.2 Å². The lowest BCUT2D eigenvalue weighted by Crippen LogP contribution is -2.50. The molecule has 6 unspecified atom stereocenters. The van der Waals surface area contributed by atoms with Crippen LogP contribution in [0.1, 0.15) is 77.6 Å². The topological polar surface area (TPSA) is 78.5 Å². The second-order valence-electron chi connectivity index (χ2n) is 9.61. The molecule has 2 heterocycles. The number of piperidine rings is 1. The molecule has 2 N–H and O–H groups in total. The molecular weight excluding hydrogens is 374 g/mol. The standard InChI is InChI=1S/C21H37N3O3S/c1-15-12-16-6-2-3-10-20(16)24(15)28(26,27)19-9-4-7-17(13-19)21(25)23-18-8-5-11-22-14-18/h15-20,22H,2-14H2,1H3,(H,23,25). The summed E-state index contributed by atoms with van der Waals surface area (Å²) in [7, 11) is -3.34. The number of fused-ring (bicyclic) bond motifs is 1. The van der Waals surface area contributed by atoms with Gasteiger partial charge in [-0.3, -0.25) is 4.79 Å². The van der Waals surface area contributed by atoms with E-state index in [2.05, 4.69) is 17.6 Å². The minimum atomic E-state index is -3.34. The van der Waals surface area contributed by atoms with Crippen molar-refractivity contribution >= 4 is 15.9 Å². The van der Waals surface area contributed by atoms with Crippen LogP contribution in [0.4, 0.5) is 0 Å². The summed E-state index contributed by atoms with van der Waals surface area (Å²) in [6.45, 7) is 3.93. The smallest absolute Gasteiger partial charge is 0.223 e. The summed E-state index contributed by atoms with van der Waals surface area (Å²) in [4.78, 5) is 12.8. The molecule has 2 saturated heterocycles. The second kappa shape index (κ2) is 8.60. The van der Waals surface area contributed by atoms with Gasteiger partial charge in [0.15, 0.2) is 0 Å². The van der Waals surface area contributed by atoms with Crippen molar-refractivity contribution in [3.8, 4) is 0 Å². The van der Waals surface area contributed by atoms with Crippen LogP contribution in [0.25, 0.3) is 0 Å². The van der Waals surface area contributed by atoms with Gasteiger partial charge in [-0.15, -0.1) is 0 Å². The number of carbonyl (C=O) groups excluding carboxylic acids is 1. The van der Waals surface area contributed by atoms with Crippen LogP contribution < -0.4 is 10.6 Å². The monoisotopic (exact) mass is 411 g/mol. The largest absolute Gasteiger partial charge is 0.352 e. The Labute approximate surface area is 170 Å². The van der Waals surface area contributed by atoms with Gasteiger partial charge in [0, 0.05) is 30.6 Å². The van der Waals surface area contributed by atoms with Gasteiger partial charge in [0.25, 0.3) is 0 Å². The zero-order valence-electron chi connectivity index (χ0n) is 17.2. The zero-order chi connectivity index (χ0) is 19.7. The third kappa shape index (κ3) is 4.12. The number of rotatable bonds is 4. The molecule has 6 atom stereocenters. The molecule has 0 aromatic carbocycles. The van der Waals surface area contributed by atoms with Gasteiger partial charge in [0.1, 0.15) is 0 Å². The third-order valence-corrected chi connectivity index (χ3v) is 10.1. The van der Waals surface area contributed by atoms with E-state index in [1.165, 1.54) is 12.8 Å². The van der Waals surface area contributed by atoms with Crippen molar-refractivity contribution in [3.63, 3.8) is 0 Å². The lowest BCUT2D eigenvalue weighted by molar-refractivity contribution is -0.126. The molecule has 0 aromatic heterocycles. The van der Waals surface area contributed by atoms with Gasteiger partial charge >= 0.3 is 0 Å². The fourth-order valence-corrected chi connectivity index (χ4v) is 8.75. The van der Waals surface area contributed by atoms with Crippen molar-refractivity contribution in [2.24, 2.45) is 11.8 Å². The number of carbonyl (C=O) groups is 1. The quantitative estimate of drug-likeness (QED) is 0.745. The van der Waals surface area contributed by atoms with E-state index in [0.29, 0.717) is 18.8 Å². The van der Waals surface area contributed by atoms with Crippen molar-refractivity contribution < 1.29 is 13.2 Å². The lowest BCUT2D eigenvalue weighted by Gasteiger charge is -2.37. The molecule has 0 bridgehead atoms. The Hall–Kier alpha value is -0.660. The van der Waals surface area contributed by atoms with Crippen LogP contribution in [0, 0.1) is 11.8 Å². The Balaban J connectivity index is 1.42. The predicted octanol–water partition coefficient (Wildman–Crippen LogP) is 2.40. The Morgan fingerprint density at radius 2 is 1.82 bits per heavy atom. The minimum Gasteiger partial charge on any atom is -0.352 e. The number of hydrogen-bond acceptors (Lipinski definition) is 4. The van der Waals surface area contributed by atoms with Gasteiger partial charge in [-0.25, -0.2) is 8.42 Å². The fraction of sp³-hybridized carbons (Fsp3) is 0.952. The van der Waals surface area contributed by atoms with Crippen LogP contribution in [-0.2, 0) is 14.8 Å². The van der Waals surface area contributed by atoms with Gasteiger partial charge in [0.2, 0.25) is 15.9 Å². The second-order valence-corrected chi connectivity index (χ2v) is 11.7. The van der Waals surface area contributed by atoms with Gasteiger partial charge < -0.3 is 10.6 Å².